The van der Waals surface area contributed by atoms with E-state index in [2.05, 4.69) is 5.32 Å². The summed E-state index contributed by atoms with van der Waals surface area (Å²) in [6, 6.07) is 0.125. The topological polar surface area (TPSA) is 74.7 Å². The van der Waals surface area contributed by atoms with E-state index in [-0.39, 0.29) is 22.7 Å². The number of aryl methyl sites for hydroxylation is 1. The molecule has 0 bridgehead atoms. The molecule has 2 amide bonds. The third kappa shape index (κ3) is 3.95. The Morgan fingerprint density at radius 1 is 1.28 bits per heavy atom. The lowest BCUT2D eigenvalue weighted by molar-refractivity contribution is -0.140. The summed E-state index contributed by atoms with van der Waals surface area (Å²) in [7, 11) is 0. The molecule has 1 atom stereocenters. The van der Waals surface area contributed by atoms with Crippen LogP contribution in [0.1, 0.15) is 29.8 Å². The third-order valence-electron chi connectivity index (χ3n) is 5.24. The van der Waals surface area contributed by atoms with E-state index in [9.17, 15) is 14.4 Å². The lowest BCUT2D eigenvalue weighted by Crippen LogP contribution is -2.57. The summed E-state index contributed by atoms with van der Waals surface area (Å²) in [4.78, 5) is 41.4. The van der Waals surface area contributed by atoms with Crippen molar-refractivity contribution in [3.8, 4) is 0 Å². The predicted molar refractivity (Wildman–Crippen MR) is 96.9 cm³/mol. The Balaban J connectivity index is 1.58. The molecule has 0 spiro atoms. The average molecular weight is 366 g/mol. The first-order valence-corrected chi connectivity index (χ1v) is 9.74. The van der Waals surface area contributed by atoms with Gasteiger partial charge in [0, 0.05) is 55.8 Å². The molecule has 1 aromatic heterocycles. The maximum absolute atomic E-state index is 12.6. The molecule has 2 fully saturated rings. The van der Waals surface area contributed by atoms with Crippen LogP contribution in [0.4, 0.5) is 0 Å². The Hall–Kier alpha value is -1.67. The van der Waals surface area contributed by atoms with Gasteiger partial charge in [-0.2, -0.15) is 0 Å². The first-order valence-electron chi connectivity index (χ1n) is 8.92. The maximum Gasteiger partial charge on any atom is 0.307 e. The number of hydrogen-bond donors (Lipinski definition) is 1. The van der Waals surface area contributed by atoms with Crippen molar-refractivity contribution in [1.29, 1.82) is 0 Å². The molecule has 2 aliphatic rings. The summed E-state index contributed by atoms with van der Waals surface area (Å²) in [6.07, 6.45) is 2.21. The van der Waals surface area contributed by atoms with E-state index in [1.54, 1.807) is 4.57 Å². The van der Waals surface area contributed by atoms with Gasteiger partial charge in [-0.15, -0.1) is 0 Å². The molecule has 7 nitrogen and oxygen atoms in total. The third-order valence-corrected chi connectivity index (χ3v) is 6.24. The Morgan fingerprint density at radius 2 is 2.08 bits per heavy atom. The van der Waals surface area contributed by atoms with Crippen molar-refractivity contribution in [3.05, 3.63) is 20.2 Å². The zero-order valence-corrected chi connectivity index (χ0v) is 15.7. The largest absolute Gasteiger partial charge is 0.341 e. The van der Waals surface area contributed by atoms with Crippen molar-refractivity contribution in [2.75, 3.05) is 32.7 Å². The van der Waals surface area contributed by atoms with Crippen LogP contribution < -0.4 is 10.2 Å². The smallest absolute Gasteiger partial charge is 0.307 e. The fraction of sp³-hybridized carbons (Fsp3) is 0.706. The van der Waals surface area contributed by atoms with Crippen LogP contribution in [-0.4, -0.2) is 64.9 Å². The number of rotatable bonds is 4. The molecule has 2 aliphatic heterocycles. The fourth-order valence-electron chi connectivity index (χ4n) is 3.65. The maximum atomic E-state index is 12.6. The van der Waals surface area contributed by atoms with Gasteiger partial charge < -0.3 is 19.7 Å². The zero-order valence-electron chi connectivity index (χ0n) is 14.9. The summed E-state index contributed by atoms with van der Waals surface area (Å²) >= 11 is 1.23. The molecular weight excluding hydrogens is 340 g/mol. The molecule has 1 aromatic rings. The SMILES string of the molecule is Cc1sc(=O)n(CCC(=O)N2CCCC(N3CCNCC3=O)C2)c1C. The van der Waals surface area contributed by atoms with Gasteiger partial charge in [0.25, 0.3) is 0 Å². The summed E-state index contributed by atoms with van der Waals surface area (Å²) in [5.74, 6) is 0.198. The number of aromatic nitrogens is 1. The van der Waals surface area contributed by atoms with Crippen LogP contribution >= 0.6 is 11.3 Å². The van der Waals surface area contributed by atoms with E-state index < -0.39 is 0 Å². The van der Waals surface area contributed by atoms with E-state index in [4.69, 9.17) is 0 Å². The molecule has 0 saturated carbocycles. The number of piperazine rings is 1. The number of carbonyl (C=O) groups is 2. The number of amides is 2. The lowest BCUT2D eigenvalue weighted by atomic mass is 10.0. The van der Waals surface area contributed by atoms with Gasteiger partial charge in [0.1, 0.15) is 0 Å². The van der Waals surface area contributed by atoms with Crippen LogP contribution in [0.25, 0.3) is 0 Å². The van der Waals surface area contributed by atoms with Gasteiger partial charge in [-0.05, 0) is 26.7 Å². The Kier molecular flexibility index (Phi) is 5.58. The second-order valence-corrected chi connectivity index (χ2v) is 7.98. The van der Waals surface area contributed by atoms with Gasteiger partial charge in [-0.25, -0.2) is 0 Å². The number of piperidine rings is 1. The quantitative estimate of drug-likeness (QED) is 0.834. The van der Waals surface area contributed by atoms with Crippen LogP contribution in [0.3, 0.4) is 0 Å². The molecule has 0 aliphatic carbocycles. The molecular formula is C17H26N4O3S. The minimum Gasteiger partial charge on any atom is -0.341 e. The number of nitrogens with zero attached hydrogens (tertiary/aromatic N) is 3. The Morgan fingerprint density at radius 3 is 2.76 bits per heavy atom. The number of likely N-dealkylation sites (tertiary alicyclic amines) is 1. The number of nitrogens with one attached hydrogen (secondary N) is 1. The first kappa shape index (κ1) is 18.1. The minimum atomic E-state index is 0.00531. The van der Waals surface area contributed by atoms with Crippen LogP contribution in [0, 0.1) is 13.8 Å². The van der Waals surface area contributed by atoms with Crippen LogP contribution in [0.15, 0.2) is 4.79 Å². The first-order chi connectivity index (χ1) is 12.0. The highest BCUT2D eigenvalue weighted by Crippen LogP contribution is 2.18. The van der Waals surface area contributed by atoms with E-state index in [1.807, 2.05) is 23.6 Å². The highest BCUT2D eigenvalue weighted by molar-refractivity contribution is 7.09. The van der Waals surface area contributed by atoms with Crippen molar-refractivity contribution >= 4 is 23.2 Å². The molecule has 2 saturated heterocycles. The van der Waals surface area contributed by atoms with E-state index >= 15 is 0 Å². The molecule has 8 heteroatoms. The van der Waals surface area contributed by atoms with Crippen LogP contribution in [0.2, 0.25) is 0 Å². The van der Waals surface area contributed by atoms with Crippen molar-refractivity contribution in [2.45, 2.75) is 45.7 Å². The molecule has 0 radical (unpaired) electrons. The fourth-order valence-corrected chi connectivity index (χ4v) is 4.51. The van der Waals surface area contributed by atoms with E-state index in [0.717, 1.165) is 36.5 Å². The second-order valence-electron chi connectivity index (χ2n) is 6.81. The summed E-state index contributed by atoms with van der Waals surface area (Å²) < 4.78 is 1.69. The van der Waals surface area contributed by atoms with Crippen molar-refractivity contribution < 1.29 is 9.59 Å². The summed E-state index contributed by atoms with van der Waals surface area (Å²) in [5.41, 5.74) is 0.950. The number of thiazole rings is 1. The molecule has 1 unspecified atom stereocenters. The van der Waals surface area contributed by atoms with Gasteiger partial charge in [0.05, 0.1) is 6.54 Å². The van der Waals surface area contributed by atoms with Gasteiger partial charge in [0.2, 0.25) is 11.8 Å². The van der Waals surface area contributed by atoms with E-state index in [0.29, 0.717) is 32.6 Å². The molecule has 138 valence electrons. The monoisotopic (exact) mass is 366 g/mol. The molecule has 25 heavy (non-hydrogen) atoms. The summed E-state index contributed by atoms with van der Waals surface area (Å²) in [5, 5.41) is 3.09. The summed E-state index contributed by atoms with van der Waals surface area (Å²) in [6.45, 7) is 7.56. The average Bonchev–Trinajstić information content (AvgIpc) is 2.85. The van der Waals surface area contributed by atoms with Crippen molar-refractivity contribution in [2.24, 2.45) is 0 Å². The van der Waals surface area contributed by atoms with Crippen molar-refractivity contribution in [1.82, 2.24) is 19.7 Å². The van der Waals surface area contributed by atoms with Crippen molar-refractivity contribution in [3.63, 3.8) is 0 Å². The molecule has 0 aromatic carbocycles. The zero-order chi connectivity index (χ0) is 18.0. The minimum absolute atomic E-state index is 0.00531. The number of hydrogen-bond acceptors (Lipinski definition) is 5. The second kappa shape index (κ2) is 7.70. The molecule has 3 rings (SSSR count). The highest BCUT2D eigenvalue weighted by atomic mass is 32.1. The predicted octanol–water partition coefficient (Wildman–Crippen LogP) is 0.340. The van der Waals surface area contributed by atoms with Gasteiger partial charge in [0.15, 0.2) is 0 Å². The molecule has 1 N–H and O–H groups in total. The Labute approximate surface area is 151 Å². The van der Waals surface area contributed by atoms with Gasteiger partial charge in [-0.3, -0.25) is 14.4 Å². The standard InChI is InChI=1S/C17H26N4O3S/c1-12-13(2)25-17(24)20(12)8-5-15(22)19-7-3-4-14(11-19)21-9-6-18-10-16(21)23/h14,18H,3-11H2,1-2H3. The van der Waals surface area contributed by atoms with Crippen LogP contribution in [0.5, 0.6) is 0 Å². The highest BCUT2D eigenvalue weighted by Gasteiger charge is 2.31. The van der Waals surface area contributed by atoms with Gasteiger partial charge >= 0.3 is 4.87 Å². The lowest BCUT2D eigenvalue weighted by Gasteiger charge is -2.41. The van der Waals surface area contributed by atoms with Crippen LogP contribution in [-0.2, 0) is 16.1 Å². The number of carbonyl (C=O) groups excluding carboxylic acids is 2. The van der Waals surface area contributed by atoms with Gasteiger partial charge in [-0.1, -0.05) is 11.3 Å². The molecule has 3 heterocycles. The van der Waals surface area contributed by atoms with E-state index in [1.165, 1.54) is 11.3 Å². The Bertz CT molecular complexity index is 711. The normalized spacial score (nSPS) is 21.7.